The van der Waals surface area contributed by atoms with Crippen molar-refractivity contribution in [3.05, 3.63) is 53.4 Å². The van der Waals surface area contributed by atoms with Gasteiger partial charge in [-0.2, -0.15) is 5.10 Å². The molecule has 3 aromatic rings. The second kappa shape index (κ2) is 7.34. The van der Waals surface area contributed by atoms with Crippen LogP contribution >= 0.6 is 0 Å². The molecule has 0 spiro atoms. The van der Waals surface area contributed by atoms with E-state index in [4.69, 9.17) is 4.52 Å². The monoisotopic (exact) mass is 365 g/mol. The van der Waals surface area contributed by atoms with Crippen LogP contribution in [0.3, 0.4) is 0 Å². The number of rotatable bonds is 4. The van der Waals surface area contributed by atoms with Gasteiger partial charge in [0.2, 0.25) is 0 Å². The Morgan fingerprint density at radius 1 is 1.33 bits per heavy atom. The number of aryl methyl sites for hydroxylation is 2. The number of aromatic nitrogens is 4. The van der Waals surface area contributed by atoms with Crippen LogP contribution in [-0.2, 0) is 6.42 Å². The van der Waals surface area contributed by atoms with Crippen molar-refractivity contribution in [2.45, 2.75) is 45.6 Å². The predicted molar refractivity (Wildman–Crippen MR) is 100 cm³/mol. The molecule has 1 N–H and O–H groups in total. The summed E-state index contributed by atoms with van der Waals surface area (Å²) in [4.78, 5) is 19.4. The van der Waals surface area contributed by atoms with Gasteiger partial charge in [-0.1, -0.05) is 12.1 Å². The van der Waals surface area contributed by atoms with E-state index in [9.17, 15) is 4.79 Å². The van der Waals surface area contributed by atoms with E-state index >= 15 is 0 Å². The van der Waals surface area contributed by atoms with E-state index in [1.807, 2.05) is 37.1 Å². The molecular formula is C20H23N5O2. The third kappa shape index (κ3) is 3.13. The SMILES string of the molecule is CCc1onc(C)c1C(=O)N1CCCC[C@@H]1c1[nH]ncc1-c1ccncc1. The number of piperidine rings is 1. The van der Waals surface area contributed by atoms with Crippen molar-refractivity contribution >= 4 is 5.91 Å². The van der Waals surface area contributed by atoms with E-state index in [0.29, 0.717) is 30.0 Å². The average Bonchev–Trinajstić information content (AvgIpc) is 3.34. The molecule has 140 valence electrons. The molecule has 0 unspecified atom stereocenters. The third-order valence-electron chi connectivity index (χ3n) is 5.23. The number of pyridine rings is 1. The Labute approximate surface area is 157 Å². The first kappa shape index (κ1) is 17.5. The molecule has 27 heavy (non-hydrogen) atoms. The van der Waals surface area contributed by atoms with Gasteiger partial charge in [-0.15, -0.1) is 0 Å². The topological polar surface area (TPSA) is 87.9 Å². The summed E-state index contributed by atoms with van der Waals surface area (Å²) < 4.78 is 5.35. The van der Waals surface area contributed by atoms with E-state index in [-0.39, 0.29) is 11.9 Å². The molecule has 7 nitrogen and oxygen atoms in total. The van der Waals surface area contributed by atoms with Crippen LogP contribution in [0.15, 0.2) is 35.2 Å². The highest BCUT2D eigenvalue weighted by Gasteiger charge is 2.34. The quantitative estimate of drug-likeness (QED) is 0.762. The molecule has 1 amide bonds. The van der Waals surface area contributed by atoms with E-state index in [1.165, 1.54) is 0 Å². The zero-order valence-electron chi connectivity index (χ0n) is 15.6. The number of carbonyl (C=O) groups is 1. The van der Waals surface area contributed by atoms with Gasteiger partial charge in [0.1, 0.15) is 11.3 Å². The van der Waals surface area contributed by atoms with Crippen molar-refractivity contribution in [3.8, 4) is 11.1 Å². The first-order chi connectivity index (χ1) is 13.2. The fourth-order valence-corrected chi connectivity index (χ4v) is 3.86. The maximum Gasteiger partial charge on any atom is 0.259 e. The average molecular weight is 365 g/mol. The highest BCUT2D eigenvalue weighted by molar-refractivity contribution is 5.96. The van der Waals surface area contributed by atoms with Crippen LogP contribution in [-0.4, -0.2) is 37.7 Å². The zero-order valence-corrected chi connectivity index (χ0v) is 15.6. The minimum Gasteiger partial charge on any atom is -0.360 e. The number of amides is 1. The molecule has 1 aliphatic heterocycles. The van der Waals surface area contributed by atoms with Gasteiger partial charge in [0.25, 0.3) is 5.91 Å². The van der Waals surface area contributed by atoms with Crippen molar-refractivity contribution in [1.82, 2.24) is 25.2 Å². The van der Waals surface area contributed by atoms with E-state index < -0.39 is 0 Å². The standard InChI is InChI=1S/C20H23N5O2/c1-3-17-18(13(2)24-27-17)20(26)25-11-5-4-6-16(25)19-15(12-22-23-19)14-7-9-21-10-8-14/h7-10,12,16H,3-6,11H2,1-2H3,(H,22,23)/t16-/m1/s1. The first-order valence-corrected chi connectivity index (χ1v) is 9.40. The van der Waals surface area contributed by atoms with Gasteiger partial charge in [0.15, 0.2) is 0 Å². The molecule has 0 bridgehead atoms. The Balaban J connectivity index is 1.71. The molecule has 3 aromatic heterocycles. The molecule has 4 rings (SSSR count). The summed E-state index contributed by atoms with van der Waals surface area (Å²) >= 11 is 0. The minimum absolute atomic E-state index is 0.00872. The van der Waals surface area contributed by atoms with Crippen LogP contribution in [0.4, 0.5) is 0 Å². The molecule has 0 radical (unpaired) electrons. The molecule has 0 aromatic carbocycles. The van der Waals surface area contributed by atoms with Crippen LogP contribution in [0.1, 0.15) is 59.7 Å². The number of H-pyrrole nitrogens is 1. The van der Waals surface area contributed by atoms with Gasteiger partial charge in [-0.05, 0) is 43.9 Å². The summed E-state index contributed by atoms with van der Waals surface area (Å²) in [5, 5.41) is 11.4. The lowest BCUT2D eigenvalue weighted by molar-refractivity contribution is 0.0604. The molecule has 0 saturated carbocycles. The van der Waals surface area contributed by atoms with Gasteiger partial charge in [-0.25, -0.2) is 0 Å². The fraction of sp³-hybridized carbons (Fsp3) is 0.400. The molecular weight excluding hydrogens is 342 g/mol. The summed E-state index contributed by atoms with van der Waals surface area (Å²) in [6.45, 7) is 4.51. The maximum absolute atomic E-state index is 13.4. The van der Waals surface area contributed by atoms with Gasteiger partial charge < -0.3 is 9.42 Å². The van der Waals surface area contributed by atoms with Crippen LogP contribution in [0, 0.1) is 6.92 Å². The largest absolute Gasteiger partial charge is 0.360 e. The first-order valence-electron chi connectivity index (χ1n) is 9.40. The van der Waals surface area contributed by atoms with Crippen molar-refractivity contribution in [1.29, 1.82) is 0 Å². The minimum atomic E-state index is -0.0454. The lowest BCUT2D eigenvalue weighted by Gasteiger charge is -2.35. The van der Waals surface area contributed by atoms with E-state index in [1.54, 1.807) is 12.4 Å². The normalized spacial score (nSPS) is 17.3. The van der Waals surface area contributed by atoms with Crippen LogP contribution in [0.5, 0.6) is 0 Å². The molecule has 1 saturated heterocycles. The third-order valence-corrected chi connectivity index (χ3v) is 5.23. The highest BCUT2D eigenvalue weighted by Crippen LogP contribution is 2.36. The summed E-state index contributed by atoms with van der Waals surface area (Å²) in [6, 6.07) is 3.88. The van der Waals surface area contributed by atoms with Gasteiger partial charge in [0.05, 0.1) is 23.6 Å². The smallest absolute Gasteiger partial charge is 0.259 e. The van der Waals surface area contributed by atoms with Crippen molar-refractivity contribution in [2.24, 2.45) is 0 Å². The number of hydrogen-bond acceptors (Lipinski definition) is 5. The lowest BCUT2D eigenvalue weighted by Crippen LogP contribution is -2.39. The van der Waals surface area contributed by atoms with Crippen LogP contribution < -0.4 is 0 Å². The van der Waals surface area contributed by atoms with Gasteiger partial charge in [-0.3, -0.25) is 14.9 Å². The number of hydrogen-bond donors (Lipinski definition) is 1. The van der Waals surface area contributed by atoms with E-state index in [0.717, 1.165) is 36.1 Å². The zero-order chi connectivity index (χ0) is 18.8. The molecule has 1 fully saturated rings. The Morgan fingerprint density at radius 2 is 2.15 bits per heavy atom. The van der Waals surface area contributed by atoms with Gasteiger partial charge >= 0.3 is 0 Å². The number of nitrogens with zero attached hydrogens (tertiary/aromatic N) is 4. The Morgan fingerprint density at radius 3 is 2.93 bits per heavy atom. The number of aromatic amines is 1. The second-order valence-corrected chi connectivity index (χ2v) is 6.86. The molecule has 0 aliphatic carbocycles. The van der Waals surface area contributed by atoms with Gasteiger partial charge in [0, 0.05) is 30.9 Å². The number of carbonyl (C=O) groups excluding carboxylic acids is 1. The Bertz CT molecular complexity index is 931. The van der Waals surface area contributed by atoms with E-state index in [2.05, 4.69) is 20.3 Å². The van der Waals surface area contributed by atoms with Crippen molar-refractivity contribution < 1.29 is 9.32 Å². The number of likely N-dealkylation sites (tertiary alicyclic amines) is 1. The molecule has 7 heteroatoms. The Hall–Kier alpha value is -2.96. The number of nitrogens with one attached hydrogen (secondary N) is 1. The Kier molecular flexibility index (Phi) is 4.75. The fourth-order valence-electron chi connectivity index (χ4n) is 3.86. The summed E-state index contributed by atoms with van der Waals surface area (Å²) in [5.74, 6) is 0.645. The summed E-state index contributed by atoms with van der Waals surface area (Å²) in [6.07, 6.45) is 8.97. The summed E-state index contributed by atoms with van der Waals surface area (Å²) in [7, 11) is 0. The molecule has 1 atom stereocenters. The van der Waals surface area contributed by atoms with Crippen LogP contribution in [0.25, 0.3) is 11.1 Å². The second-order valence-electron chi connectivity index (χ2n) is 6.86. The van der Waals surface area contributed by atoms with Crippen LogP contribution in [0.2, 0.25) is 0 Å². The highest BCUT2D eigenvalue weighted by atomic mass is 16.5. The molecule has 4 heterocycles. The maximum atomic E-state index is 13.4. The molecule has 1 aliphatic rings. The predicted octanol–water partition coefficient (Wildman–Crippen LogP) is 3.70. The van der Waals surface area contributed by atoms with Crippen molar-refractivity contribution in [2.75, 3.05) is 6.54 Å². The lowest BCUT2D eigenvalue weighted by atomic mass is 9.94. The van der Waals surface area contributed by atoms with Crippen molar-refractivity contribution in [3.63, 3.8) is 0 Å². The summed E-state index contributed by atoms with van der Waals surface area (Å²) in [5.41, 5.74) is 4.29.